The number of pyridine rings is 1. The molecule has 0 bridgehead atoms. The number of hydroxylamine groups is 2. The molecular formula is C16H23F3N4O3. The van der Waals surface area contributed by atoms with Crippen molar-refractivity contribution in [3.63, 3.8) is 0 Å². The predicted octanol–water partition coefficient (Wildman–Crippen LogP) is 2.90. The van der Waals surface area contributed by atoms with Crippen LogP contribution < -0.4 is 10.9 Å². The van der Waals surface area contributed by atoms with E-state index in [2.05, 4.69) is 15.8 Å². The van der Waals surface area contributed by atoms with Crippen molar-refractivity contribution in [2.24, 2.45) is 5.92 Å². The van der Waals surface area contributed by atoms with Gasteiger partial charge < -0.3 is 0 Å². The number of carbonyl (C=O) groups is 2. The number of hydrazine groups is 1. The molecule has 1 aromatic rings. The van der Waals surface area contributed by atoms with E-state index in [0.717, 1.165) is 25.1 Å². The van der Waals surface area contributed by atoms with Gasteiger partial charge in [0.1, 0.15) is 5.82 Å². The third-order valence-electron chi connectivity index (χ3n) is 3.87. The highest BCUT2D eigenvalue weighted by Gasteiger charge is 2.33. The van der Waals surface area contributed by atoms with Gasteiger partial charge >= 0.3 is 6.18 Å². The quantitative estimate of drug-likeness (QED) is 0.253. The Morgan fingerprint density at radius 1 is 1.42 bits per heavy atom. The number of amides is 2. The van der Waals surface area contributed by atoms with E-state index in [1.54, 1.807) is 0 Å². The molecule has 0 aliphatic carbocycles. The van der Waals surface area contributed by atoms with E-state index in [-0.39, 0.29) is 24.3 Å². The highest BCUT2D eigenvalue weighted by atomic mass is 19.4. The molecule has 0 spiro atoms. The number of rotatable bonds is 10. The van der Waals surface area contributed by atoms with Crippen molar-refractivity contribution in [2.75, 3.05) is 12.0 Å². The van der Waals surface area contributed by atoms with Crippen LogP contribution in [0.5, 0.6) is 0 Å². The van der Waals surface area contributed by atoms with Crippen molar-refractivity contribution in [1.82, 2.24) is 15.5 Å². The molecule has 1 heterocycles. The van der Waals surface area contributed by atoms with Gasteiger partial charge in [0.25, 0.3) is 0 Å². The van der Waals surface area contributed by atoms with E-state index in [0.29, 0.717) is 17.9 Å². The van der Waals surface area contributed by atoms with Crippen LogP contribution in [-0.2, 0) is 15.8 Å². The summed E-state index contributed by atoms with van der Waals surface area (Å²) in [6, 6.07) is 0.851. The molecule has 0 saturated carbocycles. The van der Waals surface area contributed by atoms with Crippen molar-refractivity contribution in [3.05, 3.63) is 23.4 Å². The standard InChI is InChI=1S/C16H23F3N4O3/c1-3-4-5-6-12(9-23(26)10-24)15(25)22-21-14-11(2)13(7-8-20-14)16(17,18)19/h7-8,10,12,26H,3-6,9H2,1-2H3,(H,20,21)(H,22,25)/t12-/m1/s1. The lowest BCUT2D eigenvalue weighted by molar-refractivity contribution is -0.154. The molecular weight excluding hydrogens is 353 g/mol. The third-order valence-corrected chi connectivity index (χ3v) is 3.87. The molecule has 146 valence electrons. The van der Waals surface area contributed by atoms with E-state index < -0.39 is 23.6 Å². The first kappa shape index (κ1) is 21.7. The minimum atomic E-state index is -4.53. The molecule has 26 heavy (non-hydrogen) atoms. The van der Waals surface area contributed by atoms with Gasteiger partial charge in [0.15, 0.2) is 0 Å². The summed E-state index contributed by atoms with van der Waals surface area (Å²) in [5, 5.41) is 9.68. The molecule has 3 N–H and O–H groups in total. The lowest BCUT2D eigenvalue weighted by Gasteiger charge is -2.20. The zero-order valence-corrected chi connectivity index (χ0v) is 14.6. The molecule has 2 amide bonds. The van der Waals surface area contributed by atoms with Crippen LogP contribution in [-0.4, -0.2) is 34.1 Å². The second-order valence-electron chi connectivity index (χ2n) is 5.86. The van der Waals surface area contributed by atoms with Gasteiger partial charge in [-0.15, -0.1) is 0 Å². The topological polar surface area (TPSA) is 94.6 Å². The van der Waals surface area contributed by atoms with Crippen LogP contribution in [0.1, 0.15) is 43.7 Å². The van der Waals surface area contributed by atoms with Crippen LogP contribution in [0.4, 0.5) is 19.0 Å². The lowest BCUT2D eigenvalue weighted by Crippen LogP contribution is -2.40. The summed E-state index contributed by atoms with van der Waals surface area (Å²) in [5.74, 6) is -1.40. The summed E-state index contributed by atoms with van der Waals surface area (Å²) >= 11 is 0. The van der Waals surface area contributed by atoms with Crippen LogP contribution in [0.3, 0.4) is 0 Å². The SMILES string of the molecule is CCCCC[C@H](CN(O)C=O)C(=O)NNc1nccc(C(F)(F)F)c1C. The van der Waals surface area contributed by atoms with Crippen molar-refractivity contribution in [3.8, 4) is 0 Å². The fraction of sp³-hybridized carbons (Fsp3) is 0.562. The molecule has 0 aromatic carbocycles. The molecule has 0 saturated heterocycles. The highest BCUT2D eigenvalue weighted by Crippen LogP contribution is 2.33. The van der Waals surface area contributed by atoms with Gasteiger partial charge in [-0.25, -0.2) is 10.0 Å². The number of hydrogen-bond acceptors (Lipinski definition) is 5. The van der Waals surface area contributed by atoms with Crippen LogP contribution in [0.2, 0.25) is 0 Å². The number of nitrogens with one attached hydrogen (secondary N) is 2. The largest absolute Gasteiger partial charge is 0.416 e. The molecule has 1 rings (SSSR count). The zero-order valence-electron chi connectivity index (χ0n) is 14.6. The van der Waals surface area contributed by atoms with Gasteiger partial charge in [0.2, 0.25) is 12.3 Å². The predicted molar refractivity (Wildman–Crippen MR) is 87.9 cm³/mol. The summed E-state index contributed by atoms with van der Waals surface area (Å²) in [7, 11) is 0. The Bertz CT molecular complexity index is 611. The fourth-order valence-electron chi connectivity index (χ4n) is 2.41. The number of alkyl halides is 3. The number of nitrogens with zero attached hydrogens (tertiary/aromatic N) is 2. The second kappa shape index (κ2) is 9.95. The average Bonchev–Trinajstić information content (AvgIpc) is 2.58. The number of carbonyl (C=O) groups excluding carboxylic acids is 2. The normalized spacial score (nSPS) is 12.4. The summed E-state index contributed by atoms with van der Waals surface area (Å²) < 4.78 is 38.7. The maximum absolute atomic E-state index is 12.9. The number of anilines is 1. The number of unbranched alkanes of at least 4 members (excludes halogenated alkanes) is 2. The number of aromatic nitrogens is 1. The Hall–Kier alpha value is -2.36. The Balaban J connectivity index is 2.79. The van der Waals surface area contributed by atoms with Gasteiger partial charge in [-0.1, -0.05) is 26.2 Å². The minimum absolute atomic E-state index is 0.128. The highest BCUT2D eigenvalue weighted by molar-refractivity contribution is 5.80. The third kappa shape index (κ3) is 6.51. The first-order valence-corrected chi connectivity index (χ1v) is 8.20. The van der Waals surface area contributed by atoms with Gasteiger partial charge in [0.05, 0.1) is 18.0 Å². The number of halogens is 3. The molecule has 0 unspecified atom stereocenters. The smallest absolute Gasteiger partial charge is 0.286 e. The zero-order chi connectivity index (χ0) is 19.7. The molecule has 0 fully saturated rings. The summed E-state index contributed by atoms with van der Waals surface area (Å²) in [6.45, 7) is 3.02. The minimum Gasteiger partial charge on any atom is -0.286 e. The van der Waals surface area contributed by atoms with E-state index in [4.69, 9.17) is 0 Å². The Labute approximate surface area is 149 Å². The summed E-state index contributed by atoms with van der Waals surface area (Å²) in [6.07, 6.45) is -0.424. The molecule has 0 aliphatic rings. The molecule has 0 aliphatic heterocycles. The lowest BCUT2D eigenvalue weighted by atomic mass is 10.0. The van der Waals surface area contributed by atoms with Crippen molar-refractivity contribution >= 4 is 18.1 Å². The van der Waals surface area contributed by atoms with Crippen molar-refractivity contribution in [2.45, 2.75) is 45.7 Å². The van der Waals surface area contributed by atoms with Crippen LogP contribution in [0.25, 0.3) is 0 Å². The maximum Gasteiger partial charge on any atom is 0.416 e. The average molecular weight is 376 g/mol. The van der Waals surface area contributed by atoms with E-state index in [9.17, 15) is 28.0 Å². The summed E-state index contributed by atoms with van der Waals surface area (Å²) in [5.41, 5.74) is 3.68. The van der Waals surface area contributed by atoms with E-state index >= 15 is 0 Å². The summed E-state index contributed by atoms with van der Waals surface area (Å²) in [4.78, 5) is 26.6. The molecule has 10 heteroatoms. The van der Waals surface area contributed by atoms with E-state index in [1.165, 1.54) is 6.92 Å². The monoisotopic (exact) mass is 376 g/mol. The molecule has 7 nitrogen and oxygen atoms in total. The second-order valence-corrected chi connectivity index (χ2v) is 5.86. The molecule has 1 atom stereocenters. The first-order chi connectivity index (χ1) is 12.2. The molecule has 0 radical (unpaired) electrons. The van der Waals surface area contributed by atoms with Crippen LogP contribution in [0, 0.1) is 12.8 Å². The maximum atomic E-state index is 12.9. The Kier molecular flexibility index (Phi) is 8.30. The van der Waals surface area contributed by atoms with Gasteiger partial charge in [-0.05, 0) is 19.4 Å². The first-order valence-electron chi connectivity index (χ1n) is 8.20. The van der Waals surface area contributed by atoms with E-state index in [1.807, 2.05) is 6.92 Å². The Morgan fingerprint density at radius 2 is 2.12 bits per heavy atom. The van der Waals surface area contributed by atoms with Crippen molar-refractivity contribution in [1.29, 1.82) is 0 Å². The van der Waals surface area contributed by atoms with Gasteiger partial charge in [-0.2, -0.15) is 13.2 Å². The van der Waals surface area contributed by atoms with Gasteiger partial charge in [-0.3, -0.25) is 25.6 Å². The Morgan fingerprint density at radius 3 is 2.69 bits per heavy atom. The molecule has 1 aromatic heterocycles. The van der Waals surface area contributed by atoms with Gasteiger partial charge in [0, 0.05) is 11.8 Å². The van der Waals surface area contributed by atoms with Crippen LogP contribution >= 0.6 is 0 Å². The fourth-order valence-corrected chi connectivity index (χ4v) is 2.41. The number of hydrogen-bond donors (Lipinski definition) is 3. The van der Waals surface area contributed by atoms with Crippen LogP contribution in [0.15, 0.2) is 12.3 Å². The van der Waals surface area contributed by atoms with Crippen molar-refractivity contribution < 1.29 is 28.0 Å².